The minimum absolute atomic E-state index is 0.267. The number of hydrogen-bond acceptors (Lipinski definition) is 2. The maximum absolute atomic E-state index is 5.88. The molecule has 0 fully saturated rings. The van der Waals surface area contributed by atoms with Gasteiger partial charge in [-0.1, -0.05) is 23.7 Å². The van der Waals surface area contributed by atoms with Crippen molar-refractivity contribution in [3.05, 3.63) is 52.8 Å². The lowest BCUT2D eigenvalue weighted by molar-refractivity contribution is 0.537. The van der Waals surface area contributed by atoms with Gasteiger partial charge in [0.2, 0.25) is 0 Å². The molecule has 2 rings (SSSR count). The molecule has 0 saturated heterocycles. The second kappa shape index (κ2) is 5.34. The zero-order valence-electron chi connectivity index (χ0n) is 10.0. The highest BCUT2D eigenvalue weighted by molar-refractivity contribution is 6.30. The third-order valence-corrected chi connectivity index (χ3v) is 3.17. The number of rotatable bonds is 4. The van der Waals surface area contributed by atoms with Crippen molar-refractivity contribution in [1.82, 2.24) is 15.1 Å². The second-order valence-electron chi connectivity index (χ2n) is 4.05. The Labute approximate surface area is 106 Å². The highest BCUT2D eigenvalue weighted by Gasteiger charge is 2.13. The minimum Gasteiger partial charge on any atom is -0.311 e. The van der Waals surface area contributed by atoms with E-state index in [0.29, 0.717) is 0 Å². The molecule has 0 aliphatic rings. The summed E-state index contributed by atoms with van der Waals surface area (Å²) in [5, 5.41) is 8.28. The molecule has 0 bridgehead atoms. The van der Waals surface area contributed by atoms with Gasteiger partial charge in [0.1, 0.15) is 0 Å². The summed E-state index contributed by atoms with van der Waals surface area (Å²) in [5.41, 5.74) is 2.44. The van der Waals surface area contributed by atoms with Gasteiger partial charge in [-0.05, 0) is 37.2 Å². The van der Waals surface area contributed by atoms with Crippen molar-refractivity contribution in [2.24, 2.45) is 7.05 Å². The molecule has 0 spiro atoms. The first-order valence-corrected chi connectivity index (χ1v) is 5.98. The first kappa shape index (κ1) is 12.1. The quantitative estimate of drug-likeness (QED) is 0.903. The molecule has 1 unspecified atom stereocenters. The Morgan fingerprint density at radius 1 is 1.29 bits per heavy atom. The molecule has 2 aromatic rings. The van der Waals surface area contributed by atoms with E-state index in [0.717, 1.165) is 11.4 Å². The predicted molar refractivity (Wildman–Crippen MR) is 70.2 cm³/mol. The molecule has 1 atom stereocenters. The van der Waals surface area contributed by atoms with Crippen LogP contribution in [0.15, 0.2) is 36.5 Å². The van der Waals surface area contributed by atoms with Crippen LogP contribution in [0.3, 0.4) is 0 Å². The van der Waals surface area contributed by atoms with E-state index < -0.39 is 0 Å². The van der Waals surface area contributed by atoms with Crippen LogP contribution >= 0.6 is 11.6 Å². The van der Waals surface area contributed by atoms with E-state index >= 15 is 0 Å². The summed E-state index contributed by atoms with van der Waals surface area (Å²) in [7, 11) is 3.93. The van der Waals surface area contributed by atoms with E-state index in [1.165, 1.54) is 11.3 Å². The molecule has 0 amide bonds. The van der Waals surface area contributed by atoms with Crippen LogP contribution in [-0.2, 0) is 13.5 Å². The number of aromatic nitrogens is 2. The average Bonchev–Trinajstić information content (AvgIpc) is 2.75. The Hall–Kier alpha value is -1.32. The highest BCUT2D eigenvalue weighted by Crippen LogP contribution is 2.18. The monoisotopic (exact) mass is 249 g/mol. The molecule has 1 N–H and O–H groups in total. The number of benzene rings is 1. The number of nitrogens with zero attached hydrogens (tertiary/aromatic N) is 2. The topological polar surface area (TPSA) is 29.9 Å². The predicted octanol–water partition coefficient (Wildman–Crippen LogP) is 2.58. The zero-order valence-corrected chi connectivity index (χ0v) is 10.8. The maximum atomic E-state index is 5.88. The van der Waals surface area contributed by atoms with Gasteiger partial charge in [-0.3, -0.25) is 4.68 Å². The SMILES string of the molecule is CNC(Cc1ccc(Cl)cc1)c1ccnn1C. The van der Waals surface area contributed by atoms with Gasteiger partial charge in [0, 0.05) is 18.3 Å². The Kier molecular flexibility index (Phi) is 3.82. The van der Waals surface area contributed by atoms with E-state index in [1.54, 1.807) is 0 Å². The summed E-state index contributed by atoms with van der Waals surface area (Å²) in [5.74, 6) is 0. The van der Waals surface area contributed by atoms with Gasteiger partial charge in [0.25, 0.3) is 0 Å². The molecule has 1 aromatic heterocycles. The van der Waals surface area contributed by atoms with Crippen LogP contribution in [0.25, 0.3) is 0 Å². The van der Waals surface area contributed by atoms with Crippen LogP contribution in [0, 0.1) is 0 Å². The Balaban J connectivity index is 2.16. The van der Waals surface area contributed by atoms with Crippen molar-refractivity contribution in [3.8, 4) is 0 Å². The van der Waals surface area contributed by atoms with Gasteiger partial charge in [-0.25, -0.2) is 0 Å². The van der Waals surface area contributed by atoms with Crippen molar-refractivity contribution in [3.63, 3.8) is 0 Å². The van der Waals surface area contributed by atoms with Gasteiger partial charge in [-0.2, -0.15) is 5.10 Å². The average molecular weight is 250 g/mol. The van der Waals surface area contributed by atoms with Crippen molar-refractivity contribution in [2.75, 3.05) is 7.05 Å². The summed E-state index contributed by atoms with van der Waals surface area (Å²) in [6, 6.07) is 10.3. The van der Waals surface area contributed by atoms with Crippen LogP contribution in [0.5, 0.6) is 0 Å². The fraction of sp³-hybridized carbons (Fsp3) is 0.308. The molecule has 0 aliphatic carbocycles. The van der Waals surface area contributed by atoms with Crippen LogP contribution in [0.4, 0.5) is 0 Å². The van der Waals surface area contributed by atoms with Crippen LogP contribution in [-0.4, -0.2) is 16.8 Å². The summed E-state index contributed by atoms with van der Waals surface area (Å²) < 4.78 is 1.90. The highest BCUT2D eigenvalue weighted by atomic mass is 35.5. The molecule has 1 aromatic carbocycles. The van der Waals surface area contributed by atoms with Gasteiger partial charge in [-0.15, -0.1) is 0 Å². The Morgan fingerprint density at radius 2 is 2.00 bits per heavy atom. The zero-order chi connectivity index (χ0) is 12.3. The normalized spacial score (nSPS) is 12.6. The smallest absolute Gasteiger partial charge is 0.0553 e. The number of aryl methyl sites for hydroxylation is 1. The number of hydrogen-bond donors (Lipinski definition) is 1. The molecule has 17 heavy (non-hydrogen) atoms. The Bertz CT molecular complexity index is 476. The van der Waals surface area contributed by atoms with Gasteiger partial charge >= 0.3 is 0 Å². The number of likely N-dealkylation sites (N-methyl/N-ethyl adjacent to an activating group) is 1. The van der Waals surface area contributed by atoms with Gasteiger partial charge < -0.3 is 5.32 Å². The lowest BCUT2D eigenvalue weighted by atomic mass is 10.0. The molecule has 4 heteroatoms. The second-order valence-corrected chi connectivity index (χ2v) is 4.49. The lowest BCUT2D eigenvalue weighted by Gasteiger charge is -2.16. The van der Waals surface area contributed by atoms with Crippen molar-refractivity contribution in [2.45, 2.75) is 12.5 Å². The maximum Gasteiger partial charge on any atom is 0.0553 e. The fourth-order valence-electron chi connectivity index (χ4n) is 1.94. The summed E-state index contributed by atoms with van der Waals surface area (Å²) in [6.45, 7) is 0. The van der Waals surface area contributed by atoms with Crippen LogP contribution in [0.1, 0.15) is 17.3 Å². The number of nitrogens with one attached hydrogen (secondary N) is 1. The van der Waals surface area contributed by atoms with Crippen LogP contribution in [0.2, 0.25) is 5.02 Å². The lowest BCUT2D eigenvalue weighted by Crippen LogP contribution is -2.21. The van der Waals surface area contributed by atoms with E-state index in [1.807, 2.05) is 43.2 Å². The third-order valence-electron chi connectivity index (χ3n) is 2.92. The molecule has 0 aliphatic heterocycles. The van der Waals surface area contributed by atoms with Crippen LogP contribution < -0.4 is 5.32 Å². The minimum atomic E-state index is 0.267. The molecular weight excluding hydrogens is 234 g/mol. The van der Waals surface area contributed by atoms with E-state index in [-0.39, 0.29) is 6.04 Å². The van der Waals surface area contributed by atoms with E-state index in [9.17, 15) is 0 Å². The fourth-order valence-corrected chi connectivity index (χ4v) is 2.06. The van der Waals surface area contributed by atoms with Gasteiger partial charge in [0.15, 0.2) is 0 Å². The Morgan fingerprint density at radius 3 is 2.53 bits per heavy atom. The molecule has 3 nitrogen and oxygen atoms in total. The molecule has 0 radical (unpaired) electrons. The first-order valence-electron chi connectivity index (χ1n) is 5.60. The van der Waals surface area contributed by atoms with E-state index in [2.05, 4.69) is 22.5 Å². The van der Waals surface area contributed by atoms with Crippen molar-refractivity contribution < 1.29 is 0 Å². The largest absolute Gasteiger partial charge is 0.311 e. The summed E-state index contributed by atoms with van der Waals surface area (Å²) >= 11 is 5.88. The molecule has 0 saturated carbocycles. The van der Waals surface area contributed by atoms with Gasteiger partial charge in [0.05, 0.1) is 11.7 Å². The first-order chi connectivity index (χ1) is 8.20. The van der Waals surface area contributed by atoms with Crippen molar-refractivity contribution >= 4 is 11.6 Å². The standard InChI is InChI=1S/C13H16ClN3/c1-15-12(13-7-8-16-17(13)2)9-10-3-5-11(14)6-4-10/h3-8,12,15H,9H2,1-2H3. The summed E-state index contributed by atoms with van der Waals surface area (Å²) in [4.78, 5) is 0. The third kappa shape index (κ3) is 2.87. The van der Waals surface area contributed by atoms with E-state index in [4.69, 9.17) is 11.6 Å². The van der Waals surface area contributed by atoms with Crippen molar-refractivity contribution in [1.29, 1.82) is 0 Å². The molecule has 90 valence electrons. The molecule has 1 heterocycles. The molecular formula is C13H16ClN3. The summed E-state index contributed by atoms with van der Waals surface area (Å²) in [6.07, 6.45) is 2.74. The number of halogens is 1.